The molecule has 1 fully saturated rings. The van der Waals surface area contributed by atoms with Gasteiger partial charge in [-0.25, -0.2) is 0 Å². The first-order valence-electron chi connectivity index (χ1n) is 9.26. The first-order chi connectivity index (χ1) is 13.7. The van der Waals surface area contributed by atoms with Gasteiger partial charge in [-0.3, -0.25) is 4.79 Å². The van der Waals surface area contributed by atoms with Crippen molar-refractivity contribution < 1.29 is 19.1 Å². The summed E-state index contributed by atoms with van der Waals surface area (Å²) in [5.41, 5.74) is 2.25. The van der Waals surface area contributed by atoms with E-state index in [0.717, 1.165) is 17.0 Å². The molecule has 6 heteroatoms. The van der Waals surface area contributed by atoms with Crippen LogP contribution in [0.2, 0.25) is 0 Å². The number of hydrogen-bond acceptors (Lipinski definition) is 5. The van der Waals surface area contributed by atoms with Crippen molar-refractivity contribution in [1.29, 1.82) is 0 Å². The van der Waals surface area contributed by atoms with E-state index in [1.807, 2.05) is 42.5 Å². The molecule has 0 unspecified atom stereocenters. The van der Waals surface area contributed by atoms with Crippen LogP contribution in [0.15, 0.2) is 71.3 Å². The molecule has 2 heterocycles. The van der Waals surface area contributed by atoms with E-state index in [-0.39, 0.29) is 17.8 Å². The van der Waals surface area contributed by atoms with E-state index in [1.165, 1.54) is 0 Å². The Morgan fingerprint density at radius 3 is 2.86 bits per heavy atom. The van der Waals surface area contributed by atoms with Gasteiger partial charge in [0.05, 0.1) is 31.5 Å². The molecule has 2 aromatic carbocycles. The van der Waals surface area contributed by atoms with Crippen molar-refractivity contribution in [2.75, 3.05) is 25.0 Å². The van der Waals surface area contributed by atoms with E-state index >= 15 is 0 Å². The fraction of sp³-hybridized carbons (Fsp3) is 0.227. The van der Waals surface area contributed by atoms with E-state index in [1.54, 1.807) is 29.4 Å². The highest BCUT2D eigenvalue weighted by Gasteiger charge is 2.27. The molecule has 2 N–H and O–H groups in total. The average molecular weight is 378 g/mol. The molecule has 1 atom stereocenters. The van der Waals surface area contributed by atoms with Crippen LogP contribution in [-0.4, -0.2) is 35.6 Å². The number of carbonyl (C=O) groups excluding carboxylic acids is 1. The minimum Gasteiger partial charge on any atom is -0.508 e. The number of rotatable bonds is 5. The third-order valence-corrected chi connectivity index (χ3v) is 4.79. The molecular weight excluding hydrogens is 356 g/mol. The summed E-state index contributed by atoms with van der Waals surface area (Å²) < 4.78 is 11.2. The lowest BCUT2D eigenvalue weighted by atomic mass is 10.1. The zero-order valence-corrected chi connectivity index (χ0v) is 15.4. The molecule has 0 aliphatic carbocycles. The molecule has 0 bridgehead atoms. The van der Waals surface area contributed by atoms with Crippen molar-refractivity contribution in [3.8, 4) is 5.75 Å². The second kappa shape index (κ2) is 8.19. The van der Waals surface area contributed by atoms with Gasteiger partial charge in [0.25, 0.3) is 5.91 Å². The van der Waals surface area contributed by atoms with Crippen molar-refractivity contribution in [2.45, 2.75) is 12.6 Å². The van der Waals surface area contributed by atoms with Gasteiger partial charge in [-0.2, -0.15) is 0 Å². The molecule has 0 saturated carbocycles. The summed E-state index contributed by atoms with van der Waals surface area (Å²) in [5.74, 6) is 0.950. The van der Waals surface area contributed by atoms with Crippen molar-refractivity contribution in [3.63, 3.8) is 0 Å². The Hall–Kier alpha value is -3.25. The fourth-order valence-corrected chi connectivity index (χ4v) is 3.35. The van der Waals surface area contributed by atoms with Crippen LogP contribution >= 0.6 is 0 Å². The molecule has 0 radical (unpaired) electrons. The van der Waals surface area contributed by atoms with E-state index in [4.69, 9.17) is 9.15 Å². The maximum Gasteiger partial charge on any atom is 0.256 e. The highest BCUT2D eigenvalue weighted by Crippen LogP contribution is 2.27. The summed E-state index contributed by atoms with van der Waals surface area (Å²) in [7, 11) is 0. The SMILES string of the molecule is O=C(c1ccccc1NCc1ccco1)N1CCO[C@H](c2cccc(O)c2)C1. The summed E-state index contributed by atoms with van der Waals surface area (Å²) in [5, 5.41) is 13.0. The Bertz CT molecular complexity index is 939. The Morgan fingerprint density at radius 2 is 2.04 bits per heavy atom. The highest BCUT2D eigenvalue weighted by atomic mass is 16.5. The van der Waals surface area contributed by atoms with Crippen molar-refractivity contribution >= 4 is 11.6 Å². The monoisotopic (exact) mass is 378 g/mol. The van der Waals surface area contributed by atoms with Crippen molar-refractivity contribution in [2.24, 2.45) is 0 Å². The summed E-state index contributed by atoms with van der Waals surface area (Å²) in [4.78, 5) is 15.0. The summed E-state index contributed by atoms with van der Waals surface area (Å²) in [6, 6.07) is 18.2. The van der Waals surface area contributed by atoms with Crippen LogP contribution in [-0.2, 0) is 11.3 Å². The lowest BCUT2D eigenvalue weighted by Crippen LogP contribution is -2.42. The normalized spacial score (nSPS) is 16.7. The van der Waals surface area contributed by atoms with Gasteiger partial charge in [-0.1, -0.05) is 24.3 Å². The topological polar surface area (TPSA) is 74.9 Å². The van der Waals surface area contributed by atoms with Crippen LogP contribution in [0.5, 0.6) is 5.75 Å². The molecule has 1 amide bonds. The van der Waals surface area contributed by atoms with Gasteiger partial charge in [0.2, 0.25) is 0 Å². The Labute approximate surface area is 163 Å². The average Bonchev–Trinajstić information content (AvgIpc) is 3.26. The molecule has 6 nitrogen and oxygen atoms in total. The first kappa shape index (κ1) is 18.1. The van der Waals surface area contributed by atoms with Crippen LogP contribution in [0.25, 0.3) is 0 Å². The summed E-state index contributed by atoms with van der Waals surface area (Å²) in [6.07, 6.45) is 1.37. The lowest BCUT2D eigenvalue weighted by Gasteiger charge is -2.33. The molecule has 0 spiro atoms. The minimum atomic E-state index is -0.256. The molecule has 28 heavy (non-hydrogen) atoms. The number of carbonyl (C=O) groups is 1. The first-order valence-corrected chi connectivity index (χ1v) is 9.26. The lowest BCUT2D eigenvalue weighted by molar-refractivity contribution is -0.0228. The zero-order chi connectivity index (χ0) is 19.3. The molecule has 1 aliphatic rings. The van der Waals surface area contributed by atoms with Crippen LogP contribution in [0, 0.1) is 0 Å². The standard InChI is InChI=1S/C22H22N2O4/c25-17-6-3-5-16(13-17)21-15-24(10-12-28-21)22(26)19-8-1-2-9-20(19)23-14-18-7-4-11-27-18/h1-9,11,13,21,23,25H,10,12,14-15H2/t21-/m0/s1. The molecule has 1 saturated heterocycles. The molecule has 3 aromatic rings. The Kier molecular flexibility index (Phi) is 5.30. The minimum absolute atomic E-state index is 0.0454. The van der Waals surface area contributed by atoms with Gasteiger partial charge in [0.15, 0.2) is 0 Å². The van der Waals surface area contributed by atoms with Gasteiger partial charge < -0.3 is 24.5 Å². The molecule has 1 aliphatic heterocycles. The van der Waals surface area contributed by atoms with Gasteiger partial charge in [-0.05, 0) is 42.0 Å². The van der Waals surface area contributed by atoms with Gasteiger partial charge >= 0.3 is 0 Å². The number of phenolic OH excluding ortho intramolecular Hbond substituents is 1. The number of ether oxygens (including phenoxy) is 1. The van der Waals surface area contributed by atoms with Crippen LogP contribution in [0.3, 0.4) is 0 Å². The number of nitrogens with one attached hydrogen (secondary N) is 1. The van der Waals surface area contributed by atoms with E-state index in [9.17, 15) is 9.90 Å². The molecule has 1 aromatic heterocycles. The predicted molar refractivity (Wildman–Crippen MR) is 105 cm³/mol. The molecule has 144 valence electrons. The summed E-state index contributed by atoms with van der Waals surface area (Å²) >= 11 is 0. The smallest absolute Gasteiger partial charge is 0.256 e. The highest BCUT2D eigenvalue weighted by molar-refractivity contribution is 5.99. The zero-order valence-electron chi connectivity index (χ0n) is 15.4. The number of benzene rings is 2. The van der Waals surface area contributed by atoms with Gasteiger partial charge in [0, 0.05) is 12.2 Å². The summed E-state index contributed by atoms with van der Waals surface area (Å²) in [6.45, 7) is 1.93. The molecule has 4 rings (SSSR count). The number of furan rings is 1. The van der Waals surface area contributed by atoms with Crippen LogP contribution < -0.4 is 5.32 Å². The quantitative estimate of drug-likeness (QED) is 0.706. The Balaban J connectivity index is 1.49. The number of amides is 1. The van der Waals surface area contributed by atoms with Crippen LogP contribution in [0.4, 0.5) is 5.69 Å². The van der Waals surface area contributed by atoms with Gasteiger partial charge in [-0.15, -0.1) is 0 Å². The largest absolute Gasteiger partial charge is 0.508 e. The second-order valence-corrected chi connectivity index (χ2v) is 6.68. The number of nitrogens with zero attached hydrogens (tertiary/aromatic N) is 1. The number of morpholine rings is 1. The van der Waals surface area contributed by atoms with E-state index in [2.05, 4.69) is 5.32 Å². The van der Waals surface area contributed by atoms with E-state index in [0.29, 0.717) is 31.8 Å². The predicted octanol–water partition coefficient (Wildman–Crippen LogP) is 3.81. The third-order valence-electron chi connectivity index (χ3n) is 4.79. The van der Waals surface area contributed by atoms with Gasteiger partial charge in [0.1, 0.15) is 17.6 Å². The molecular formula is C22H22N2O4. The second-order valence-electron chi connectivity index (χ2n) is 6.68. The number of aromatic hydroxyl groups is 1. The maximum absolute atomic E-state index is 13.2. The van der Waals surface area contributed by atoms with Crippen LogP contribution in [0.1, 0.15) is 27.8 Å². The number of hydrogen-bond donors (Lipinski definition) is 2. The number of para-hydroxylation sites is 1. The Morgan fingerprint density at radius 1 is 1.14 bits per heavy atom. The van der Waals surface area contributed by atoms with Crippen molar-refractivity contribution in [3.05, 3.63) is 83.8 Å². The van der Waals surface area contributed by atoms with Crippen molar-refractivity contribution in [1.82, 2.24) is 4.90 Å². The third kappa shape index (κ3) is 4.02. The maximum atomic E-state index is 13.2. The fourth-order valence-electron chi connectivity index (χ4n) is 3.35. The number of phenols is 1. The van der Waals surface area contributed by atoms with E-state index < -0.39 is 0 Å². The number of anilines is 1.